The maximum atomic E-state index is 13.2. The van der Waals surface area contributed by atoms with Crippen molar-refractivity contribution in [2.45, 2.75) is 13.0 Å². The van der Waals surface area contributed by atoms with Gasteiger partial charge in [0.1, 0.15) is 12.0 Å². The maximum absolute atomic E-state index is 13.2. The molecule has 1 fully saturated rings. The second-order valence-corrected chi connectivity index (χ2v) is 7.00. The van der Waals surface area contributed by atoms with Crippen molar-refractivity contribution < 1.29 is 19.1 Å². The molecule has 0 bridgehead atoms. The summed E-state index contributed by atoms with van der Waals surface area (Å²) in [5.74, 6) is -2.74. The second kappa shape index (κ2) is 6.76. The first-order valence-electron chi connectivity index (χ1n) is 8.58. The van der Waals surface area contributed by atoms with E-state index in [0.29, 0.717) is 16.4 Å². The summed E-state index contributed by atoms with van der Waals surface area (Å²) in [5.41, 5.74) is 1.96. The molecule has 2 amide bonds. The van der Waals surface area contributed by atoms with E-state index in [-0.39, 0.29) is 5.71 Å². The van der Waals surface area contributed by atoms with Crippen LogP contribution >= 0.6 is 11.6 Å². The van der Waals surface area contributed by atoms with E-state index in [9.17, 15) is 14.4 Å². The third-order valence-corrected chi connectivity index (χ3v) is 5.08. The number of methoxy groups -OCH3 is 1. The Labute approximate surface area is 166 Å². The molecule has 8 heteroatoms. The average molecular weight is 398 g/mol. The number of nitrogens with zero attached hydrogens (tertiary/aromatic N) is 3. The van der Waals surface area contributed by atoms with Crippen LogP contribution in [0.1, 0.15) is 5.56 Å². The van der Waals surface area contributed by atoms with Crippen LogP contribution in [0.25, 0.3) is 0 Å². The van der Waals surface area contributed by atoms with Crippen molar-refractivity contribution in [3.05, 3.63) is 59.1 Å². The maximum Gasteiger partial charge on any atom is 0.355 e. The number of hydrazone groups is 1. The fraction of sp³-hybridized carbons (Fsp3) is 0.200. The van der Waals surface area contributed by atoms with Crippen molar-refractivity contribution in [1.29, 1.82) is 0 Å². The smallest absolute Gasteiger partial charge is 0.355 e. The molecule has 0 unspecified atom stereocenters. The van der Waals surface area contributed by atoms with Crippen LogP contribution in [0.2, 0.25) is 5.02 Å². The number of anilines is 2. The fourth-order valence-electron chi connectivity index (χ4n) is 3.44. The molecule has 2 heterocycles. The number of imide groups is 1. The number of amides is 2. The molecule has 2 aromatic carbocycles. The zero-order valence-corrected chi connectivity index (χ0v) is 15.9. The van der Waals surface area contributed by atoms with Gasteiger partial charge in [-0.1, -0.05) is 29.3 Å². The number of carbonyl (C=O) groups is 3. The quantitative estimate of drug-likeness (QED) is 0.587. The third kappa shape index (κ3) is 2.75. The largest absolute Gasteiger partial charge is 0.464 e. The van der Waals surface area contributed by atoms with Gasteiger partial charge >= 0.3 is 5.97 Å². The Kier molecular flexibility index (Phi) is 4.39. The molecular formula is C20H16ClN3O4. The molecule has 0 aliphatic carbocycles. The summed E-state index contributed by atoms with van der Waals surface area (Å²) in [5, 5.41) is 6.18. The molecule has 2 aliphatic rings. The van der Waals surface area contributed by atoms with Gasteiger partial charge < -0.3 is 4.74 Å². The van der Waals surface area contributed by atoms with Crippen LogP contribution in [0.15, 0.2) is 53.6 Å². The highest BCUT2D eigenvalue weighted by Crippen LogP contribution is 2.38. The minimum Gasteiger partial charge on any atom is -0.464 e. The number of esters is 1. The normalized spacial score (nSPS) is 21.0. The molecule has 0 saturated carbocycles. The molecule has 0 spiro atoms. The van der Waals surface area contributed by atoms with E-state index in [1.54, 1.807) is 36.4 Å². The van der Waals surface area contributed by atoms with E-state index in [1.807, 2.05) is 19.1 Å². The van der Waals surface area contributed by atoms with E-state index in [1.165, 1.54) is 12.1 Å². The van der Waals surface area contributed by atoms with Crippen LogP contribution in [-0.2, 0) is 19.1 Å². The third-order valence-electron chi connectivity index (χ3n) is 4.83. The van der Waals surface area contributed by atoms with E-state index in [2.05, 4.69) is 5.10 Å². The lowest BCUT2D eigenvalue weighted by Crippen LogP contribution is -2.39. The van der Waals surface area contributed by atoms with Crippen molar-refractivity contribution in [2.24, 2.45) is 11.0 Å². The second-order valence-electron chi connectivity index (χ2n) is 6.57. The topological polar surface area (TPSA) is 79.3 Å². The van der Waals surface area contributed by atoms with Crippen molar-refractivity contribution in [2.75, 3.05) is 17.0 Å². The van der Waals surface area contributed by atoms with Crippen LogP contribution in [0.3, 0.4) is 0 Å². The average Bonchev–Trinajstić information content (AvgIpc) is 3.20. The number of hydrogen-bond acceptors (Lipinski definition) is 6. The number of carbonyl (C=O) groups excluding carboxylic acids is 3. The summed E-state index contributed by atoms with van der Waals surface area (Å²) in [6.45, 7) is 1.94. The summed E-state index contributed by atoms with van der Waals surface area (Å²) < 4.78 is 4.79. The Morgan fingerprint density at radius 3 is 2.21 bits per heavy atom. The number of fused-ring (bicyclic) bond motifs is 1. The van der Waals surface area contributed by atoms with Crippen LogP contribution in [-0.4, -0.2) is 36.6 Å². The summed E-state index contributed by atoms with van der Waals surface area (Å²) >= 11 is 5.91. The zero-order valence-electron chi connectivity index (χ0n) is 15.1. The molecule has 0 aromatic heterocycles. The number of halogens is 1. The zero-order chi connectivity index (χ0) is 20.0. The van der Waals surface area contributed by atoms with Crippen molar-refractivity contribution in [3.63, 3.8) is 0 Å². The van der Waals surface area contributed by atoms with Crippen molar-refractivity contribution in [3.8, 4) is 0 Å². The van der Waals surface area contributed by atoms with Gasteiger partial charge in [-0.15, -0.1) is 0 Å². The molecule has 142 valence electrons. The number of aryl methyl sites for hydroxylation is 1. The first kappa shape index (κ1) is 18.2. The summed E-state index contributed by atoms with van der Waals surface area (Å²) in [6.07, 6.45) is 0. The summed E-state index contributed by atoms with van der Waals surface area (Å²) in [6, 6.07) is 12.7. The van der Waals surface area contributed by atoms with Gasteiger partial charge in [0.25, 0.3) is 5.91 Å². The first-order chi connectivity index (χ1) is 13.4. The first-order valence-corrected chi connectivity index (χ1v) is 8.96. The highest BCUT2D eigenvalue weighted by molar-refractivity contribution is 6.47. The monoisotopic (exact) mass is 397 g/mol. The molecule has 2 aliphatic heterocycles. The summed E-state index contributed by atoms with van der Waals surface area (Å²) in [4.78, 5) is 39.6. The van der Waals surface area contributed by atoms with Crippen molar-refractivity contribution >= 4 is 46.5 Å². The van der Waals surface area contributed by atoms with Crippen molar-refractivity contribution in [1.82, 2.24) is 0 Å². The highest BCUT2D eigenvalue weighted by Gasteiger charge is 2.59. The van der Waals surface area contributed by atoms with Gasteiger partial charge in [0.15, 0.2) is 5.71 Å². The lowest BCUT2D eigenvalue weighted by atomic mass is 9.97. The highest BCUT2D eigenvalue weighted by atomic mass is 35.5. The van der Waals surface area contributed by atoms with Gasteiger partial charge in [-0.3, -0.25) is 14.6 Å². The molecule has 0 N–H and O–H groups in total. The van der Waals surface area contributed by atoms with E-state index < -0.39 is 29.7 Å². The number of hydrogen-bond donors (Lipinski definition) is 0. The minimum atomic E-state index is -1.03. The Hall–Kier alpha value is -3.19. The molecular weight excluding hydrogens is 382 g/mol. The van der Waals surface area contributed by atoms with Gasteiger partial charge in [0, 0.05) is 5.02 Å². The van der Waals surface area contributed by atoms with Gasteiger partial charge in [-0.25, -0.2) is 9.69 Å². The van der Waals surface area contributed by atoms with Crippen LogP contribution in [0.4, 0.5) is 11.4 Å². The number of rotatable bonds is 3. The Balaban J connectivity index is 1.79. The number of benzene rings is 2. The standard InChI is InChI=1S/C20H16ClN3O4/c1-11-3-7-14(8-4-11)24-17-15(16(22-24)20(27)28-2)18(25)23(19(17)26)13-9-5-12(21)6-10-13/h3-10,15,17H,1-2H3/t15-,17-/m1/s1. The van der Waals surface area contributed by atoms with Gasteiger partial charge in [0.2, 0.25) is 5.91 Å². The minimum absolute atomic E-state index is 0.0807. The predicted octanol–water partition coefficient (Wildman–Crippen LogP) is 2.56. The van der Waals surface area contributed by atoms with Crippen LogP contribution < -0.4 is 9.91 Å². The molecule has 0 radical (unpaired) electrons. The Morgan fingerprint density at radius 1 is 1.00 bits per heavy atom. The number of ether oxygens (including phenoxy) is 1. The Bertz CT molecular complexity index is 1000. The van der Waals surface area contributed by atoms with E-state index in [4.69, 9.17) is 16.3 Å². The summed E-state index contributed by atoms with van der Waals surface area (Å²) in [7, 11) is 1.21. The lowest BCUT2D eigenvalue weighted by Gasteiger charge is -2.22. The van der Waals surface area contributed by atoms with Gasteiger partial charge in [0.05, 0.1) is 18.5 Å². The molecule has 1 saturated heterocycles. The van der Waals surface area contributed by atoms with Crippen LogP contribution in [0, 0.1) is 12.8 Å². The lowest BCUT2D eigenvalue weighted by molar-refractivity contribution is -0.133. The van der Waals surface area contributed by atoms with E-state index >= 15 is 0 Å². The molecule has 4 rings (SSSR count). The molecule has 7 nitrogen and oxygen atoms in total. The SMILES string of the molecule is COC(=O)C1=NN(c2ccc(C)cc2)[C@H]2C(=O)N(c3ccc(Cl)cc3)C(=O)[C@H]12. The Morgan fingerprint density at radius 2 is 1.61 bits per heavy atom. The van der Waals surface area contributed by atoms with Crippen LogP contribution in [0.5, 0.6) is 0 Å². The molecule has 28 heavy (non-hydrogen) atoms. The fourth-order valence-corrected chi connectivity index (χ4v) is 3.57. The van der Waals surface area contributed by atoms with Gasteiger partial charge in [-0.2, -0.15) is 5.10 Å². The molecule has 2 atom stereocenters. The predicted molar refractivity (Wildman–Crippen MR) is 104 cm³/mol. The van der Waals surface area contributed by atoms with Gasteiger partial charge in [-0.05, 0) is 43.3 Å². The molecule has 2 aromatic rings. The van der Waals surface area contributed by atoms with E-state index in [0.717, 1.165) is 10.5 Å².